The number of halogens is 1. The first kappa shape index (κ1) is 18.0. The van der Waals surface area contributed by atoms with E-state index in [0.717, 1.165) is 12.8 Å². The van der Waals surface area contributed by atoms with Crippen molar-refractivity contribution in [2.45, 2.75) is 18.9 Å². The van der Waals surface area contributed by atoms with E-state index >= 15 is 0 Å². The summed E-state index contributed by atoms with van der Waals surface area (Å²) in [6, 6.07) is 8.47. The fraction of sp³-hybridized carbons (Fsp3) is 0.333. The molecule has 3 heterocycles. The lowest BCUT2D eigenvalue weighted by Gasteiger charge is -2.32. The first-order valence-electron chi connectivity index (χ1n) is 8.13. The highest BCUT2D eigenvalue weighted by atomic mass is 35.5. The van der Waals surface area contributed by atoms with Crippen molar-refractivity contribution in [2.24, 2.45) is 0 Å². The first-order valence-corrected chi connectivity index (χ1v) is 8.51. The number of methoxy groups -OCH3 is 1. The second kappa shape index (κ2) is 8.02. The Bertz CT molecular complexity index is 853. The summed E-state index contributed by atoms with van der Waals surface area (Å²) in [5, 5.41) is 9.07. The van der Waals surface area contributed by atoms with Gasteiger partial charge in [-0.05, 0) is 25.0 Å². The summed E-state index contributed by atoms with van der Waals surface area (Å²) in [7, 11) is 1.49. The molecule has 8 heteroatoms. The summed E-state index contributed by atoms with van der Waals surface area (Å²) in [6.45, 7) is 1.03. The van der Waals surface area contributed by atoms with Crippen LogP contribution in [0.2, 0.25) is 5.15 Å². The minimum atomic E-state index is -0.197. The van der Waals surface area contributed by atoms with Crippen molar-refractivity contribution < 1.29 is 14.3 Å². The predicted octanol–water partition coefficient (Wildman–Crippen LogP) is 2.69. The molecule has 1 fully saturated rings. The van der Waals surface area contributed by atoms with E-state index in [4.69, 9.17) is 26.3 Å². The molecule has 26 heavy (non-hydrogen) atoms. The highest BCUT2D eigenvalue weighted by molar-refractivity contribution is 6.32. The average Bonchev–Trinajstić information content (AvgIpc) is 2.67. The standard InChI is InChI=1S/C18H17ClN4O3/c1-25-15-5-4-14(17(19)22-15)18(24)23-8-2-3-13(11-23)26-16-9-12(10-20)6-7-21-16/h4-7,9,13H,2-3,8,11H2,1H3/t13-/m1/s1. The topological polar surface area (TPSA) is 88.3 Å². The third-order valence-electron chi connectivity index (χ3n) is 4.08. The maximum absolute atomic E-state index is 12.8. The number of nitriles is 1. The van der Waals surface area contributed by atoms with E-state index in [0.29, 0.717) is 36.0 Å². The third kappa shape index (κ3) is 4.03. The summed E-state index contributed by atoms with van der Waals surface area (Å²) in [4.78, 5) is 22.6. The zero-order valence-corrected chi connectivity index (χ0v) is 14.9. The van der Waals surface area contributed by atoms with Crippen molar-refractivity contribution in [3.05, 3.63) is 46.7 Å². The molecule has 1 amide bonds. The van der Waals surface area contributed by atoms with Gasteiger partial charge in [-0.15, -0.1) is 0 Å². The Morgan fingerprint density at radius 1 is 1.38 bits per heavy atom. The van der Waals surface area contributed by atoms with Crippen molar-refractivity contribution in [2.75, 3.05) is 20.2 Å². The quantitative estimate of drug-likeness (QED) is 0.767. The molecule has 2 aromatic heterocycles. The van der Waals surface area contributed by atoms with Gasteiger partial charge in [-0.3, -0.25) is 4.79 Å². The van der Waals surface area contributed by atoms with E-state index in [2.05, 4.69) is 16.0 Å². The largest absolute Gasteiger partial charge is 0.481 e. The maximum atomic E-state index is 12.8. The summed E-state index contributed by atoms with van der Waals surface area (Å²) in [5.74, 6) is 0.541. The smallest absolute Gasteiger partial charge is 0.257 e. The zero-order chi connectivity index (χ0) is 18.5. The molecule has 1 aliphatic rings. The van der Waals surface area contributed by atoms with Gasteiger partial charge in [0.15, 0.2) is 0 Å². The normalized spacial score (nSPS) is 16.7. The lowest BCUT2D eigenvalue weighted by atomic mass is 10.1. The van der Waals surface area contributed by atoms with Crippen molar-refractivity contribution >= 4 is 17.5 Å². The molecule has 0 radical (unpaired) electrons. The molecule has 0 saturated carbocycles. The number of ether oxygens (including phenoxy) is 2. The van der Waals surface area contributed by atoms with Gasteiger partial charge in [-0.25, -0.2) is 9.97 Å². The van der Waals surface area contributed by atoms with E-state index in [1.54, 1.807) is 29.2 Å². The Morgan fingerprint density at radius 3 is 2.96 bits per heavy atom. The van der Waals surface area contributed by atoms with Gasteiger partial charge in [-0.2, -0.15) is 5.26 Å². The summed E-state index contributed by atoms with van der Waals surface area (Å²) in [5.41, 5.74) is 0.813. The van der Waals surface area contributed by atoms with Crippen LogP contribution in [0.1, 0.15) is 28.8 Å². The van der Waals surface area contributed by atoms with E-state index in [-0.39, 0.29) is 17.2 Å². The van der Waals surface area contributed by atoms with Gasteiger partial charge in [0.1, 0.15) is 11.3 Å². The van der Waals surface area contributed by atoms with Gasteiger partial charge in [0, 0.05) is 24.9 Å². The summed E-state index contributed by atoms with van der Waals surface area (Å²) >= 11 is 6.11. The number of piperidine rings is 1. The summed E-state index contributed by atoms with van der Waals surface area (Å²) in [6.07, 6.45) is 2.94. The zero-order valence-electron chi connectivity index (χ0n) is 14.2. The maximum Gasteiger partial charge on any atom is 0.257 e. The Morgan fingerprint density at radius 2 is 2.23 bits per heavy atom. The summed E-state index contributed by atoms with van der Waals surface area (Å²) < 4.78 is 10.9. The van der Waals surface area contributed by atoms with E-state index < -0.39 is 0 Å². The number of aromatic nitrogens is 2. The fourth-order valence-corrected chi connectivity index (χ4v) is 3.02. The lowest BCUT2D eigenvalue weighted by molar-refractivity contribution is 0.0527. The molecule has 0 aromatic carbocycles. The molecular formula is C18H17ClN4O3. The number of amides is 1. The highest BCUT2D eigenvalue weighted by Crippen LogP contribution is 2.23. The van der Waals surface area contributed by atoms with Crippen LogP contribution in [0.15, 0.2) is 30.5 Å². The van der Waals surface area contributed by atoms with Crippen molar-refractivity contribution in [3.63, 3.8) is 0 Å². The Balaban J connectivity index is 1.69. The monoisotopic (exact) mass is 372 g/mol. The van der Waals surface area contributed by atoms with Gasteiger partial charge in [0.05, 0.1) is 30.9 Å². The molecule has 0 unspecified atom stereocenters. The molecule has 1 saturated heterocycles. The van der Waals surface area contributed by atoms with Crippen LogP contribution in [0.4, 0.5) is 0 Å². The molecule has 0 bridgehead atoms. The second-order valence-corrected chi connectivity index (χ2v) is 6.18. The predicted molar refractivity (Wildman–Crippen MR) is 94.3 cm³/mol. The van der Waals surface area contributed by atoms with Crippen LogP contribution >= 0.6 is 11.6 Å². The van der Waals surface area contributed by atoms with Gasteiger partial charge >= 0.3 is 0 Å². The number of rotatable bonds is 4. The van der Waals surface area contributed by atoms with Crippen molar-refractivity contribution in [1.82, 2.24) is 14.9 Å². The minimum absolute atomic E-state index is 0.112. The molecule has 3 rings (SSSR count). The van der Waals surface area contributed by atoms with Crippen LogP contribution in [-0.4, -0.2) is 47.1 Å². The molecule has 1 atom stereocenters. The lowest BCUT2D eigenvalue weighted by Crippen LogP contribution is -2.44. The third-order valence-corrected chi connectivity index (χ3v) is 4.37. The molecule has 0 aliphatic carbocycles. The fourth-order valence-electron chi connectivity index (χ4n) is 2.79. The first-order chi connectivity index (χ1) is 12.6. The van der Waals surface area contributed by atoms with Crippen LogP contribution in [0.5, 0.6) is 11.8 Å². The van der Waals surface area contributed by atoms with Gasteiger partial charge in [0.2, 0.25) is 11.8 Å². The molecule has 0 N–H and O–H groups in total. The molecular weight excluding hydrogens is 356 g/mol. The van der Waals surface area contributed by atoms with Crippen LogP contribution in [-0.2, 0) is 0 Å². The van der Waals surface area contributed by atoms with Crippen LogP contribution in [0.3, 0.4) is 0 Å². The molecule has 1 aliphatic heterocycles. The Hall–Kier alpha value is -2.85. The SMILES string of the molecule is COc1ccc(C(=O)N2CCC[C@@H](Oc3cc(C#N)ccn3)C2)c(Cl)n1. The number of carbonyl (C=O) groups excluding carboxylic acids is 1. The van der Waals surface area contributed by atoms with Crippen molar-refractivity contribution in [3.8, 4) is 17.8 Å². The van der Waals surface area contributed by atoms with E-state index in [1.165, 1.54) is 13.3 Å². The number of likely N-dealkylation sites (tertiary alicyclic amines) is 1. The van der Waals surface area contributed by atoms with Crippen LogP contribution in [0, 0.1) is 11.3 Å². The van der Waals surface area contributed by atoms with Gasteiger partial charge in [-0.1, -0.05) is 11.6 Å². The number of pyridine rings is 2. The number of hydrogen-bond donors (Lipinski definition) is 0. The molecule has 7 nitrogen and oxygen atoms in total. The Kier molecular flexibility index (Phi) is 5.54. The van der Waals surface area contributed by atoms with E-state index in [9.17, 15) is 4.79 Å². The van der Waals surface area contributed by atoms with Crippen molar-refractivity contribution in [1.29, 1.82) is 5.26 Å². The van der Waals surface area contributed by atoms with Gasteiger partial charge in [0.25, 0.3) is 5.91 Å². The number of hydrogen-bond acceptors (Lipinski definition) is 6. The Labute approximate surface area is 156 Å². The number of nitrogens with zero attached hydrogens (tertiary/aromatic N) is 4. The molecule has 134 valence electrons. The van der Waals surface area contributed by atoms with Gasteiger partial charge < -0.3 is 14.4 Å². The highest BCUT2D eigenvalue weighted by Gasteiger charge is 2.27. The van der Waals surface area contributed by atoms with Crippen LogP contribution < -0.4 is 9.47 Å². The average molecular weight is 373 g/mol. The van der Waals surface area contributed by atoms with Crippen LogP contribution in [0.25, 0.3) is 0 Å². The second-order valence-electron chi connectivity index (χ2n) is 5.82. The minimum Gasteiger partial charge on any atom is -0.481 e. The molecule has 0 spiro atoms. The number of carbonyl (C=O) groups is 1. The molecule has 2 aromatic rings. The van der Waals surface area contributed by atoms with E-state index in [1.807, 2.05) is 0 Å².